The zero-order chi connectivity index (χ0) is 10.4. The molecular formula is C12H16BrCl. The lowest BCUT2D eigenvalue weighted by molar-refractivity contribution is 0.687. The van der Waals surface area contributed by atoms with E-state index in [1.807, 2.05) is 12.1 Å². The maximum absolute atomic E-state index is 5.82. The highest BCUT2D eigenvalue weighted by Crippen LogP contribution is 2.17. The quantitative estimate of drug-likeness (QED) is 0.675. The van der Waals surface area contributed by atoms with Crippen molar-refractivity contribution in [2.45, 2.75) is 37.4 Å². The summed E-state index contributed by atoms with van der Waals surface area (Å²) in [4.78, 5) is 0.601. The van der Waals surface area contributed by atoms with Crippen LogP contribution >= 0.6 is 27.5 Å². The van der Waals surface area contributed by atoms with E-state index in [-0.39, 0.29) is 0 Å². The minimum absolute atomic E-state index is 0.601. The minimum Gasteiger partial charge on any atom is -0.0887 e. The van der Waals surface area contributed by atoms with Gasteiger partial charge < -0.3 is 0 Å². The Kier molecular flexibility index (Phi) is 5.57. The van der Waals surface area contributed by atoms with Gasteiger partial charge in [0.25, 0.3) is 0 Å². The lowest BCUT2D eigenvalue weighted by Crippen LogP contribution is -2.02. The van der Waals surface area contributed by atoms with Crippen LogP contribution in [0.3, 0.4) is 0 Å². The first-order chi connectivity index (χ1) is 6.72. The van der Waals surface area contributed by atoms with Crippen LogP contribution in [-0.4, -0.2) is 4.83 Å². The first kappa shape index (κ1) is 12.1. The standard InChI is InChI=1S/C12H16BrCl/c1-2-3-4-11(13)9-10-5-7-12(14)8-6-10/h5-8,11H,2-4,9H2,1H3. The molecular weight excluding hydrogens is 259 g/mol. The number of hydrogen-bond acceptors (Lipinski definition) is 0. The van der Waals surface area contributed by atoms with Gasteiger partial charge in [-0.25, -0.2) is 0 Å². The van der Waals surface area contributed by atoms with Crippen molar-refractivity contribution in [1.29, 1.82) is 0 Å². The van der Waals surface area contributed by atoms with E-state index in [1.54, 1.807) is 0 Å². The van der Waals surface area contributed by atoms with E-state index in [2.05, 4.69) is 35.0 Å². The molecule has 0 N–H and O–H groups in total. The van der Waals surface area contributed by atoms with Crippen LogP contribution in [0.25, 0.3) is 0 Å². The number of alkyl halides is 1. The summed E-state index contributed by atoms with van der Waals surface area (Å²) in [5.74, 6) is 0. The van der Waals surface area contributed by atoms with Crippen molar-refractivity contribution in [2.24, 2.45) is 0 Å². The molecule has 1 aromatic carbocycles. The molecule has 0 aliphatic rings. The number of rotatable bonds is 5. The van der Waals surface area contributed by atoms with Gasteiger partial charge in [-0.1, -0.05) is 59.4 Å². The van der Waals surface area contributed by atoms with Gasteiger partial charge in [-0.05, 0) is 30.5 Å². The Morgan fingerprint density at radius 1 is 1.29 bits per heavy atom. The van der Waals surface area contributed by atoms with Gasteiger partial charge in [-0.3, -0.25) is 0 Å². The van der Waals surface area contributed by atoms with Crippen molar-refractivity contribution in [2.75, 3.05) is 0 Å². The van der Waals surface area contributed by atoms with Crippen LogP contribution in [0.15, 0.2) is 24.3 Å². The van der Waals surface area contributed by atoms with Crippen LogP contribution in [0.1, 0.15) is 31.7 Å². The Hall–Kier alpha value is -0.0100. The second-order valence-electron chi connectivity index (χ2n) is 3.57. The van der Waals surface area contributed by atoms with Crippen LogP contribution in [0.5, 0.6) is 0 Å². The second kappa shape index (κ2) is 6.47. The van der Waals surface area contributed by atoms with Gasteiger partial charge in [0.15, 0.2) is 0 Å². The predicted molar refractivity (Wildman–Crippen MR) is 67.4 cm³/mol. The van der Waals surface area contributed by atoms with Gasteiger partial charge in [-0.15, -0.1) is 0 Å². The first-order valence-corrected chi connectivity index (χ1v) is 6.40. The normalized spacial score (nSPS) is 12.8. The SMILES string of the molecule is CCCCC(Br)Cc1ccc(Cl)cc1. The maximum atomic E-state index is 5.82. The lowest BCUT2D eigenvalue weighted by atomic mass is 10.1. The summed E-state index contributed by atoms with van der Waals surface area (Å²) in [6, 6.07) is 8.11. The molecule has 0 radical (unpaired) electrons. The minimum atomic E-state index is 0.601. The molecule has 0 aliphatic carbocycles. The molecule has 0 nitrogen and oxygen atoms in total. The number of benzene rings is 1. The molecule has 0 amide bonds. The molecule has 1 unspecified atom stereocenters. The predicted octanol–water partition coefficient (Wildman–Crippen LogP) is 4.84. The molecule has 78 valence electrons. The largest absolute Gasteiger partial charge is 0.0887 e. The average Bonchev–Trinajstić information content (AvgIpc) is 2.18. The van der Waals surface area contributed by atoms with E-state index in [0.29, 0.717) is 4.83 Å². The van der Waals surface area contributed by atoms with Crippen LogP contribution in [0, 0.1) is 0 Å². The molecule has 0 spiro atoms. The van der Waals surface area contributed by atoms with Crippen molar-refractivity contribution in [1.82, 2.24) is 0 Å². The van der Waals surface area contributed by atoms with E-state index in [9.17, 15) is 0 Å². The number of hydrogen-bond donors (Lipinski definition) is 0. The fourth-order valence-corrected chi connectivity index (χ4v) is 2.23. The summed E-state index contributed by atoms with van der Waals surface area (Å²) in [7, 11) is 0. The highest BCUT2D eigenvalue weighted by molar-refractivity contribution is 9.09. The monoisotopic (exact) mass is 274 g/mol. The molecule has 0 bridgehead atoms. The van der Waals surface area contributed by atoms with Gasteiger partial charge in [0, 0.05) is 9.85 Å². The lowest BCUT2D eigenvalue weighted by Gasteiger charge is -2.08. The molecule has 0 saturated heterocycles. The third kappa shape index (κ3) is 4.47. The highest BCUT2D eigenvalue weighted by Gasteiger charge is 2.04. The van der Waals surface area contributed by atoms with Crippen molar-refractivity contribution < 1.29 is 0 Å². The van der Waals surface area contributed by atoms with Crippen molar-refractivity contribution in [3.05, 3.63) is 34.9 Å². The van der Waals surface area contributed by atoms with Crippen LogP contribution in [-0.2, 0) is 6.42 Å². The molecule has 2 heteroatoms. The maximum Gasteiger partial charge on any atom is 0.0406 e. The van der Waals surface area contributed by atoms with Crippen LogP contribution in [0.4, 0.5) is 0 Å². The molecule has 0 aliphatic heterocycles. The zero-order valence-corrected chi connectivity index (χ0v) is 10.8. The zero-order valence-electron chi connectivity index (χ0n) is 8.47. The molecule has 0 saturated carbocycles. The van der Waals surface area contributed by atoms with Crippen molar-refractivity contribution in [3.63, 3.8) is 0 Å². The fraction of sp³-hybridized carbons (Fsp3) is 0.500. The van der Waals surface area contributed by atoms with Gasteiger partial charge in [0.2, 0.25) is 0 Å². The Balaban J connectivity index is 2.39. The van der Waals surface area contributed by atoms with Gasteiger partial charge in [0.1, 0.15) is 0 Å². The molecule has 1 rings (SSSR count). The first-order valence-electron chi connectivity index (χ1n) is 5.11. The summed E-state index contributed by atoms with van der Waals surface area (Å²) in [5.41, 5.74) is 1.35. The van der Waals surface area contributed by atoms with E-state index in [0.717, 1.165) is 11.4 Å². The Labute approximate surface area is 99.8 Å². The van der Waals surface area contributed by atoms with Crippen LogP contribution < -0.4 is 0 Å². The third-order valence-corrected chi connectivity index (χ3v) is 3.27. The second-order valence-corrected chi connectivity index (χ2v) is 5.30. The fourth-order valence-electron chi connectivity index (χ4n) is 1.40. The van der Waals surface area contributed by atoms with Crippen LogP contribution in [0.2, 0.25) is 5.02 Å². The Morgan fingerprint density at radius 2 is 1.93 bits per heavy atom. The summed E-state index contributed by atoms with van der Waals surface area (Å²) in [6.07, 6.45) is 4.91. The summed E-state index contributed by atoms with van der Waals surface area (Å²) < 4.78 is 0. The Morgan fingerprint density at radius 3 is 2.50 bits per heavy atom. The molecule has 14 heavy (non-hydrogen) atoms. The number of halogens is 2. The van der Waals surface area contributed by atoms with E-state index >= 15 is 0 Å². The average molecular weight is 276 g/mol. The van der Waals surface area contributed by atoms with Gasteiger partial charge >= 0.3 is 0 Å². The van der Waals surface area contributed by atoms with E-state index in [4.69, 9.17) is 11.6 Å². The molecule has 0 aromatic heterocycles. The van der Waals surface area contributed by atoms with Crippen molar-refractivity contribution in [3.8, 4) is 0 Å². The van der Waals surface area contributed by atoms with E-state index < -0.39 is 0 Å². The molecule has 0 heterocycles. The summed E-state index contributed by atoms with van der Waals surface area (Å²) >= 11 is 9.52. The third-order valence-electron chi connectivity index (χ3n) is 2.24. The van der Waals surface area contributed by atoms with Crippen molar-refractivity contribution >= 4 is 27.5 Å². The highest BCUT2D eigenvalue weighted by atomic mass is 79.9. The number of unbranched alkanes of at least 4 members (excludes halogenated alkanes) is 1. The van der Waals surface area contributed by atoms with Gasteiger partial charge in [-0.2, -0.15) is 0 Å². The van der Waals surface area contributed by atoms with Gasteiger partial charge in [0.05, 0.1) is 0 Å². The summed E-state index contributed by atoms with van der Waals surface area (Å²) in [5, 5.41) is 0.813. The Bertz CT molecular complexity index is 256. The summed E-state index contributed by atoms with van der Waals surface area (Å²) in [6.45, 7) is 2.22. The molecule has 0 fully saturated rings. The molecule has 1 atom stereocenters. The molecule has 1 aromatic rings. The van der Waals surface area contributed by atoms with E-state index in [1.165, 1.54) is 24.8 Å². The topological polar surface area (TPSA) is 0 Å². The smallest absolute Gasteiger partial charge is 0.0406 e.